The van der Waals surface area contributed by atoms with Gasteiger partial charge in [-0.1, -0.05) is 19.9 Å². The minimum atomic E-state index is -0.272. The second-order valence-electron chi connectivity index (χ2n) is 4.71. The Morgan fingerprint density at radius 2 is 1.88 bits per heavy atom. The van der Waals surface area contributed by atoms with E-state index in [0.717, 1.165) is 5.52 Å². The van der Waals surface area contributed by atoms with Crippen LogP contribution in [-0.2, 0) is 0 Å². The van der Waals surface area contributed by atoms with Crippen molar-refractivity contribution in [2.45, 2.75) is 39.7 Å². The highest BCUT2D eigenvalue weighted by atomic mass is 16.4. The zero-order valence-corrected chi connectivity index (χ0v) is 10.2. The Kier molecular flexibility index (Phi) is 2.62. The number of oxazole rings is 1. The van der Waals surface area contributed by atoms with Crippen LogP contribution in [-0.4, -0.2) is 4.57 Å². The SMILES string of the molecule is CC(C)c1ccc2c(c1)oc(=O)n2C(C)C. The van der Waals surface area contributed by atoms with Crippen LogP contribution in [0.5, 0.6) is 0 Å². The van der Waals surface area contributed by atoms with Crippen molar-refractivity contribution in [1.82, 2.24) is 4.57 Å². The van der Waals surface area contributed by atoms with Gasteiger partial charge in [0.25, 0.3) is 0 Å². The number of rotatable bonds is 2. The number of fused-ring (bicyclic) bond motifs is 1. The molecule has 0 saturated carbocycles. The summed E-state index contributed by atoms with van der Waals surface area (Å²) >= 11 is 0. The molecular weight excluding hydrogens is 202 g/mol. The van der Waals surface area contributed by atoms with Gasteiger partial charge in [-0.05, 0) is 37.5 Å². The third-order valence-electron chi connectivity index (χ3n) is 2.82. The summed E-state index contributed by atoms with van der Waals surface area (Å²) in [6.45, 7) is 8.21. The van der Waals surface area contributed by atoms with Crippen LogP contribution in [0.15, 0.2) is 27.4 Å². The predicted molar refractivity (Wildman–Crippen MR) is 64.9 cm³/mol. The van der Waals surface area contributed by atoms with E-state index < -0.39 is 0 Å². The van der Waals surface area contributed by atoms with Gasteiger partial charge in [0, 0.05) is 6.04 Å². The molecule has 1 aromatic carbocycles. The topological polar surface area (TPSA) is 35.1 Å². The average Bonchev–Trinajstić information content (AvgIpc) is 2.51. The molecule has 3 heteroatoms. The quantitative estimate of drug-likeness (QED) is 0.776. The zero-order chi connectivity index (χ0) is 11.9. The number of benzene rings is 1. The van der Waals surface area contributed by atoms with Gasteiger partial charge >= 0.3 is 5.76 Å². The summed E-state index contributed by atoms with van der Waals surface area (Å²) in [5.74, 6) is 0.169. The molecule has 2 rings (SSSR count). The molecule has 0 amide bonds. The van der Waals surface area contributed by atoms with E-state index in [1.165, 1.54) is 5.56 Å². The fourth-order valence-electron chi connectivity index (χ4n) is 1.90. The van der Waals surface area contributed by atoms with Crippen molar-refractivity contribution < 1.29 is 4.42 Å². The molecule has 0 fully saturated rings. The molecule has 0 saturated heterocycles. The Balaban J connectivity index is 2.70. The highest BCUT2D eigenvalue weighted by Crippen LogP contribution is 2.22. The number of hydrogen-bond acceptors (Lipinski definition) is 2. The largest absolute Gasteiger partial charge is 0.420 e. The van der Waals surface area contributed by atoms with Crippen molar-refractivity contribution in [2.75, 3.05) is 0 Å². The van der Waals surface area contributed by atoms with E-state index in [1.807, 2.05) is 26.0 Å². The van der Waals surface area contributed by atoms with Crippen LogP contribution in [0.3, 0.4) is 0 Å². The number of aromatic nitrogens is 1. The average molecular weight is 219 g/mol. The lowest BCUT2D eigenvalue weighted by atomic mass is 10.0. The Morgan fingerprint density at radius 1 is 1.19 bits per heavy atom. The van der Waals surface area contributed by atoms with E-state index in [4.69, 9.17) is 4.42 Å². The van der Waals surface area contributed by atoms with Gasteiger partial charge in [-0.25, -0.2) is 4.79 Å². The summed E-state index contributed by atoms with van der Waals surface area (Å²) in [6, 6.07) is 6.11. The highest BCUT2D eigenvalue weighted by Gasteiger charge is 2.12. The molecule has 1 heterocycles. The van der Waals surface area contributed by atoms with Crippen LogP contribution in [0.4, 0.5) is 0 Å². The monoisotopic (exact) mass is 219 g/mol. The van der Waals surface area contributed by atoms with Crippen molar-refractivity contribution in [1.29, 1.82) is 0 Å². The van der Waals surface area contributed by atoms with Crippen molar-refractivity contribution in [3.8, 4) is 0 Å². The summed E-state index contributed by atoms with van der Waals surface area (Å²) in [4.78, 5) is 11.7. The molecule has 0 aliphatic heterocycles. The van der Waals surface area contributed by atoms with Gasteiger partial charge < -0.3 is 4.42 Å². The van der Waals surface area contributed by atoms with E-state index in [-0.39, 0.29) is 11.8 Å². The standard InChI is InChI=1S/C13H17NO2/c1-8(2)10-5-6-11-12(7-10)16-13(15)14(11)9(3)4/h5-9H,1-4H3. The van der Waals surface area contributed by atoms with Gasteiger partial charge in [-0.15, -0.1) is 0 Å². The molecule has 16 heavy (non-hydrogen) atoms. The molecule has 3 nitrogen and oxygen atoms in total. The first-order valence-corrected chi connectivity index (χ1v) is 5.65. The van der Waals surface area contributed by atoms with Gasteiger partial charge in [0.05, 0.1) is 5.52 Å². The molecular formula is C13H17NO2. The van der Waals surface area contributed by atoms with Crippen LogP contribution in [0, 0.1) is 0 Å². The molecule has 0 N–H and O–H groups in total. The minimum absolute atomic E-state index is 0.124. The van der Waals surface area contributed by atoms with Crippen molar-refractivity contribution in [2.24, 2.45) is 0 Å². The lowest BCUT2D eigenvalue weighted by Gasteiger charge is -2.07. The summed E-state index contributed by atoms with van der Waals surface area (Å²) in [6.07, 6.45) is 0. The fourth-order valence-corrected chi connectivity index (χ4v) is 1.90. The third-order valence-corrected chi connectivity index (χ3v) is 2.82. The lowest BCUT2D eigenvalue weighted by molar-refractivity contribution is 0.478. The van der Waals surface area contributed by atoms with Crippen molar-refractivity contribution >= 4 is 11.1 Å². The molecule has 0 radical (unpaired) electrons. The lowest BCUT2D eigenvalue weighted by Crippen LogP contribution is -2.15. The van der Waals surface area contributed by atoms with Crippen LogP contribution < -0.4 is 5.76 Å². The van der Waals surface area contributed by atoms with Crippen LogP contribution in [0.25, 0.3) is 11.1 Å². The highest BCUT2D eigenvalue weighted by molar-refractivity contribution is 5.74. The van der Waals surface area contributed by atoms with Gasteiger partial charge in [0.15, 0.2) is 5.58 Å². The van der Waals surface area contributed by atoms with E-state index in [1.54, 1.807) is 4.57 Å². The molecule has 1 aromatic heterocycles. The second kappa shape index (κ2) is 3.81. The Hall–Kier alpha value is -1.51. The first-order chi connectivity index (χ1) is 7.50. The predicted octanol–water partition coefficient (Wildman–Crippen LogP) is 3.30. The molecule has 0 unspecified atom stereocenters. The summed E-state index contributed by atoms with van der Waals surface area (Å²) in [5.41, 5.74) is 2.76. The smallest absolute Gasteiger partial charge is 0.408 e. The first-order valence-electron chi connectivity index (χ1n) is 5.65. The third kappa shape index (κ3) is 1.66. The second-order valence-corrected chi connectivity index (χ2v) is 4.71. The normalized spacial score (nSPS) is 11.9. The van der Waals surface area contributed by atoms with E-state index >= 15 is 0 Å². The Bertz CT molecular complexity index is 561. The number of hydrogen-bond donors (Lipinski definition) is 0. The first kappa shape index (κ1) is 11.0. The van der Waals surface area contributed by atoms with Gasteiger partial charge in [-0.2, -0.15) is 0 Å². The van der Waals surface area contributed by atoms with Gasteiger partial charge in [0.2, 0.25) is 0 Å². The molecule has 0 bridgehead atoms. The van der Waals surface area contributed by atoms with Gasteiger partial charge in [0.1, 0.15) is 0 Å². The molecule has 2 aromatic rings. The minimum Gasteiger partial charge on any atom is -0.408 e. The van der Waals surface area contributed by atoms with E-state index in [9.17, 15) is 4.79 Å². The molecule has 0 aliphatic carbocycles. The molecule has 0 atom stereocenters. The maximum absolute atomic E-state index is 11.7. The van der Waals surface area contributed by atoms with Crippen molar-refractivity contribution in [3.05, 3.63) is 34.3 Å². The maximum atomic E-state index is 11.7. The summed E-state index contributed by atoms with van der Waals surface area (Å²) in [7, 11) is 0. The number of nitrogens with zero attached hydrogens (tertiary/aromatic N) is 1. The fraction of sp³-hybridized carbons (Fsp3) is 0.462. The Labute approximate surface area is 94.7 Å². The summed E-state index contributed by atoms with van der Waals surface area (Å²) in [5, 5.41) is 0. The van der Waals surface area contributed by atoms with Crippen LogP contribution in [0.2, 0.25) is 0 Å². The van der Waals surface area contributed by atoms with Gasteiger partial charge in [-0.3, -0.25) is 4.57 Å². The van der Waals surface area contributed by atoms with E-state index in [2.05, 4.69) is 19.9 Å². The Morgan fingerprint density at radius 3 is 2.44 bits per heavy atom. The molecule has 86 valence electrons. The molecule has 0 aliphatic rings. The molecule has 0 spiro atoms. The van der Waals surface area contributed by atoms with Crippen LogP contribution >= 0.6 is 0 Å². The van der Waals surface area contributed by atoms with Crippen molar-refractivity contribution in [3.63, 3.8) is 0 Å². The van der Waals surface area contributed by atoms with Crippen LogP contribution in [0.1, 0.15) is 45.2 Å². The van der Waals surface area contributed by atoms with E-state index in [0.29, 0.717) is 11.5 Å². The summed E-state index contributed by atoms with van der Waals surface area (Å²) < 4.78 is 6.94. The maximum Gasteiger partial charge on any atom is 0.420 e. The zero-order valence-electron chi connectivity index (χ0n) is 10.2.